The highest BCUT2D eigenvalue weighted by molar-refractivity contribution is 5.97. The molecule has 0 saturated heterocycles. The fourth-order valence-corrected chi connectivity index (χ4v) is 2.00. The molecule has 0 atom stereocenters. The Kier molecular flexibility index (Phi) is 9.17. The molecule has 4 nitrogen and oxygen atoms in total. The highest BCUT2D eigenvalue weighted by Crippen LogP contribution is 2.19. The van der Waals surface area contributed by atoms with Crippen LogP contribution in [0.4, 0.5) is 0 Å². The summed E-state index contributed by atoms with van der Waals surface area (Å²) in [5, 5.41) is 0. The van der Waals surface area contributed by atoms with Crippen molar-refractivity contribution in [2.24, 2.45) is 15.9 Å². The molecule has 0 fully saturated rings. The summed E-state index contributed by atoms with van der Waals surface area (Å²) in [4.78, 5) is 17.6. The lowest BCUT2D eigenvalue weighted by atomic mass is 9.92. The number of nitrogens with zero attached hydrogens (tertiary/aromatic N) is 4. The molecule has 2 aromatic heterocycles. The van der Waals surface area contributed by atoms with E-state index in [1.165, 1.54) is 0 Å². The Labute approximate surface area is 171 Å². The Morgan fingerprint density at radius 1 is 1.00 bits per heavy atom. The molecule has 0 aromatic carbocycles. The van der Waals surface area contributed by atoms with Gasteiger partial charge in [-0.1, -0.05) is 32.9 Å². The smallest absolute Gasteiger partial charge is 0.0837 e. The van der Waals surface area contributed by atoms with E-state index in [9.17, 15) is 0 Å². The number of aliphatic imine (C=N–C) groups is 2. The van der Waals surface area contributed by atoms with Gasteiger partial charge >= 0.3 is 0 Å². The molecule has 0 radical (unpaired) electrons. The van der Waals surface area contributed by atoms with Crippen molar-refractivity contribution < 1.29 is 0 Å². The number of hydrogen-bond acceptors (Lipinski definition) is 4. The van der Waals surface area contributed by atoms with Crippen LogP contribution in [0.1, 0.15) is 73.2 Å². The zero-order valence-corrected chi connectivity index (χ0v) is 18.8. The predicted octanol–water partition coefficient (Wildman–Crippen LogP) is 6.01. The first-order chi connectivity index (χ1) is 13.1. The molecule has 0 unspecified atom stereocenters. The van der Waals surface area contributed by atoms with Crippen LogP contribution >= 0.6 is 0 Å². The number of hydrogen-bond donors (Lipinski definition) is 0. The highest BCUT2D eigenvalue weighted by atomic mass is 14.9. The largest absolute Gasteiger partial charge is 0.285 e. The summed E-state index contributed by atoms with van der Waals surface area (Å²) >= 11 is 0. The molecule has 0 spiro atoms. The van der Waals surface area contributed by atoms with E-state index >= 15 is 0 Å². The first kappa shape index (κ1) is 23.7. The maximum atomic E-state index is 4.65. The van der Waals surface area contributed by atoms with Crippen LogP contribution in [0.2, 0.25) is 0 Å². The molecule has 28 heavy (non-hydrogen) atoms. The summed E-state index contributed by atoms with van der Waals surface area (Å²) < 4.78 is 0. The van der Waals surface area contributed by atoms with E-state index in [4.69, 9.17) is 0 Å². The van der Waals surface area contributed by atoms with Crippen molar-refractivity contribution in [3.05, 3.63) is 60.2 Å². The quantitative estimate of drug-likeness (QED) is 0.576. The van der Waals surface area contributed by atoms with Gasteiger partial charge in [0.2, 0.25) is 0 Å². The Morgan fingerprint density at radius 3 is 2.07 bits per heavy atom. The molecule has 2 heterocycles. The van der Waals surface area contributed by atoms with E-state index < -0.39 is 0 Å². The standard InChI is InChI=1S/2C12H18N2/c1-10(2)12(3,4)14-9-11-7-5-6-8-13-11;1-5-12(3,4)14-10(2)11-8-6-7-9-13-11/h5-10H,1-4H3;6-9H,5H2,1-4H3. The number of aromatic nitrogens is 2. The molecule has 152 valence electrons. The second-order valence-electron chi connectivity index (χ2n) is 8.40. The third-order valence-corrected chi connectivity index (χ3v) is 5.00. The minimum atomic E-state index is -0.0163. The van der Waals surface area contributed by atoms with E-state index in [0.717, 1.165) is 23.5 Å². The third-order valence-electron chi connectivity index (χ3n) is 5.00. The monoisotopic (exact) mass is 380 g/mol. The second-order valence-corrected chi connectivity index (χ2v) is 8.40. The van der Waals surface area contributed by atoms with Gasteiger partial charge in [0.25, 0.3) is 0 Å². The molecule has 0 aliphatic heterocycles. The van der Waals surface area contributed by atoms with Crippen LogP contribution in [-0.4, -0.2) is 33.0 Å². The van der Waals surface area contributed by atoms with E-state index in [0.29, 0.717) is 5.92 Å². The van der Waals surface area contributed by atoms with E-state index in [1.54, 1.807) is 12.4 Å². The van der Waals surface area contributed by atoms with Crippen LogP contribution in [-0.2, 0) is 0 Å². The fourth-order valence-electron chi connectivity index (χ4n) is 2.00. The Bertz CT molecular complexity index is 745. The average molecular weight is 381 g/mol. The van der Waals surface area contributed by atoms with Crippen LogP contribution in [0.25, 0.3) is 0 Å². The summed E-state index contributed by atoms with van der Waals surface area (Å²) in [6.07, 6.45) is 6.47. The van der Waals surface area contributed by atoms with Crippen LogP contribution in [0, 0.1) is 5.92 Å². The Morgan fingerprint density at radius 2 is 1.61 bits per heavy atom. The fraction of sp³-hybridized carbons (Fsp3) is 0.500. The van der Waals surface area contributed by atoms with Gasteiger partial charge < -0.3 is 0 Å². The van der Waals surface area contributed by atoms with Gasteiger partial charge in [0.1, 0.15) is 0 Å². The zero-order valence-electron chi connectivity index (χ0n) is 18.8. The van der Waals surface area contributed by atoms with Crippen LogP contribution in [0.3, 0.4) is 0 Å². The first-order valence-corrected chi connectivity index (χ1v) is 10.0. The van der Waals surface area contributed by atoms with Crippen molar-refractivity contribution in [2.75, 3.05) is 0 Å². The highest BCUT2D eigenvalue weighted by Gasteiger charge is 2.19. The van der Waals surface area contributed by atoms with Gasteiger partial charge in [0.05, 0.1) is 28.2 Å². The molecule has 0 N–H and O–H groups in total. The summed E-state index contributed by atoms with van der Waals surface area (Å²) in [5.41, 5.74) is 2.90. The van der Waals surface area contributed by atoms with Gasteiger partial charge in [-0.15, -0.1) is 0 Å². The second kappa shape index (κ2) is 10.8. The lowest BCUT2D eigenvalue weighted by molar-refractivity contribution is 0.378. The molecule has 0 saturated carbocycles. The van der Waals surface area contributed by atoms with Crippen molar-refractivity contribution in [2.45, 2.75) is 72.9 Å². The Hall–Kier alpha value is -2.36. The molecule has 2 rings (SSSR count). The molecule has 0 amide bonds. The van der Waals surface area contributed by atoms with Crippen LogP contribution < -0.4 is 0 Å². The van der Waals surface area contributed by atoms with Gasteiger partial charge in [-0.05, 0) is 71.2 Å². The normalized spacial score (nSPS) is 12.8. The number of pyridine rings is 2. The maximum absolute atomic E-state index is 4.65. The predicted molar refractivity (Wildman–Crippen MR) is 122 cm³/mol. The SMILES string of the molecule is CC(C)C(C)(C)N=Cc1ccccn1.CCC(C)(C)N=C(C)c1ccccn1. The van der Waals surface area contributed by atoms with E-state index in [1.807, 2.05) is 49.5 Å². The molecule has 2 aromatic rings. The van der Waals surface area contributed by atoms with Crippen molar-refractivity contribution in [1.82, 2.24) is 9.97 Å². The number of rotatable bonds is 6. The van der Waals surface area contributed by atoms with Crippen molar-refractivity contribution in [3.63, 3.8) is 0 Å². The molecule has 4 heteroatoms. The molecule has 0 aliphatic rings. The first-order valence-electron chi connectivity index (χ1n) is 10.0. The van der Waals surface area contributed by atoms with Crippen LogP contribution in [0.5, 0.6) is 0 Å². The van der Waals surface area contributed by atoms with Crippen LogP contribution in [0.15, 0.2) is 58.8 Å². The lowest BCUT2D eigenvalue weighted by Crippen LogP contribution is -2.24. The summed E-state index contributed by atoms with van der Waals surface area (Å²) in [7, 11) is 0. The summed E-state index contributed by atoms with van der Waals surface area (Å²) in [5.74, 6) is 0.530. The zero-order chi connectivity index (χ0) is 21.2. The van der Waals surface area contributed by atoms with E-state index in [-0.39, 0.29) is 11.1 Å². The van der Waals surface area contributed by atoms with Gasteiger partial charge in [-0.2, -0.15) is 0 Å². The van der Waals surface area contributed by atoms with Gasteiger partial charge in [0, 0.05) is 18.6 Å². The maximum Gasteiger partial charge on any atom is 0.0837 e. The minimum Gasteiger partial charge on any atom is -0.285 e. The minimum absolute atomic E-state index is 0.0155. The van der Waals surface area contributed by atoms with Gasteiger partial charge in [-0.25, -0.2) is 0 Å². The summed E-state index contributed by atoms with van der Waals surface area (Å²) in [6.45, 7) is 17.1. The third kappa shape index (κ3) is 8.55. The molecular weight excluding hydrogens is 344 g/mol. The summed E-state index contributed by atoms with van der Waals surface area (Å²) in [6, 6.07) is 11.7. The lowest BCUT2D eigenvalue weighted by Gasteiger charge is -2.23. The van der Waals surface area contributed by atoms with E-state index in [2.05, 4.69) is 68.4 Å². The Balaban J connectivity index is 0.000000280. The average Bonchev–Trinajstić information content (AvgIpc) is 2.68. The van der Waals surface area contributed by atoms with Crippen molar-refractivity contribution in [3.8, 4) is 0 Å². The molecule has 0 bridgehead atoms. The topological polar surface area (TPSA) is 50.5 Å². The van der Waals surface area contributed by atoms with Gasteiger partial charge in [-0.3, -0.25) is 20.0 Å². The van der Waals surface area contributed by atoms with Crippen molar-refractivity contribution >= 4 is 11.9 Å². The molecule has 0 aliphatic carbocycles. The van der Waals surface area contributed by atoms with Crippen molar-refractivity contribution in [1.29, 1.82) is 0 Å². The van der Waals surface area contributed by atoms with Gasteiger partial charge in [0.15, 0.2) is 0 Å². The molecular formula is C24H36N4.